The molecule has 246 valence electrons. The number of aromatic hydroxyl groups is 2. The normalized spacial score (nSPS) is 12.6. The maximum atomic E-state index is 12.4. The van der Waals surface area contributed by atoms with Gasteiger partial charge in [-0.3, -0.25) is 9.11 Å². The maximum Gasteiger partial charge on any atom is 0.296 e. The van der Waals surface area contributed by atoms with Crippen LogP contribution in [0, 0.1) is 0 Å². The third kappa shape index (κ3) is 7.33. The number of benzene rings is 5. The molecule has 0 aliphatic rings. The average Bonchev–Trinajstić information content (AvgIpc) is 3.00. The predicted molar refractivity (Wildman–Crippen MR) is 178 cm³/mol. The Kier molecular flexibility index (Phi) is 9.31. The number of azo groups is 3. The lowest BCUT2D eigenvalue weighted by Gasteiger charge is -2.14. The van der Waals surface area contributed by atoms with E-state index in [1.54, 1.807) is 0 Å². The van der Waals surface area contributed by atoms with E-state index in [-0.39, 0.29) is 43.6 Å². The van der Waals surface area contributed by atoms with Crippen molar-refractivity contribution in [3.05, 3.63) is 82.8 Å². The molecule has 0 saturated carbocycles. The molecule has 20 heteroatoms. The summed E-state index contributed by atoms with van der Waals surface area (Å²) < 4.78 is 69.1. The van der Waals surface area contributed by atoms with Crippen LogP contribution >= 0.6 is 23.2 Å². The van der Waals surface area contributed by atoms with E-state index in [1.807, 2.05) is 0 Å². The number of phenols is 2. The molecule has 5 aromatic rings. The van der Waals surface area contributed by atoms with E-state index in [4.69, 9.17) is 34.7 Å². The molecule has 5 aromatic carbocycles. The highest BCUT2D eigenvalue weighted by Crippen LogP contribution is 2.48. The topological polar surface area (TPSA) is 275 Å². The van der Waals surface area contributed by atoms with Crippen molar-refractivity contribution in [1.82, 2.24) is 0 Å². The fourth-order valence-electron chi connectivity index (χ4n) is 4.20. The predicted octanol–water partition coefficient (Wildman–Crippen LogP) is 8.46. The molecule has 0 aromatic heterocycles. The van der Waals surface area contributed by atoms with E-state index in [2.05, 4.69) is 30.7 Å². The number of nitrogens with zero attached hydrogens (tertiary/aromatic N) is 6. The van der Waals surface area contributed by atoms with E-state index in [1.165, 1.54) is 60.7 Å². The number of phenolic OH excluding ortho intramolecular Hbond substituents is 2. The summed E-state index contributed by atoms with van der Waals surface area (Å²) in [6.45, 7) is 0. The summed E-state index contributed by atoms with van der Waals surface area (Å²) in [4.78, 5) is -1.88. The molecule has 0 saturated heterocycles. The molecule has 0 unspecified atom stereocenters. The van der Waals surface area contributed by atoms with Crippen LogP contribution in [0.4, 0.5) is 45.5 Å². The molecular formula is C28H20Cl2N8O8S2. The second-order valence-electron chi connectivity index (χ2n) is 9.72. The number of halogens is 2. The van der Waals surface area contributed by atoms with Crippen LogP contribution in [-0.2, 0) is 20.2 Å². The Bertz CT molecular complexity index is 2420. The van der Waals surface area contributed by atoms with Gasteiger partial charge in [0.05, 0.1) is 27.5 Å². The first-order valence-electron chi connectivity index (χ1n) is 13.0. The lowest BCUT2D eigenvalue weighted by molar-refractivity contribution is 0.472. The Morgan fingerprint density at radius 2 is 1.15 bits per heavy atom. The summed E-state index contributed by atoms with van der Waals surface area (Å²) in [6, 6.07) is 15.8. The van der Waals surface area contributed by atoms with Crippen LogP contribution in [0.25, 0.3) is 10.8 Å². The number of nitrogens with two attached hydrogens (primary N) is 2. The lowest BCUT2D eigenvalue weighted by Crippen LogP contribution is -2.03. The molecule has 0 atom stereocenters. The monoisotopic (exact) mass is 730 g/mol. The second-order valence-corrected chi connectivity index (χ2v) is 13.3. The minimum atomic E-state index is -5.11. The van der Waals surface area contributed by atoms with E-state index in [9.17, 15) is 36.2 Å². The Labute approximate surface area is 281 Å². The maximum absolute atomic E-state index is 12.4. The van der Waals surface area contributed by atoms with Gasteiger partial charge in [-0.05, 0) is 72.1 Å². The highest BCUT2D eigenvalue weighted by molar-refractivity contribution is 7.86. The minimum absolute atomic E-state index is 0.0231. The quantitative estimate of drug-likeness (QED) is 0.0503. The highest BCUT2D eigenvalue weighted by Gasteiger charge is 2.28. The van der Waals surface area contributed by atoms with Gasteiger partial charge in [0.2, 0.25) is 0 Å². The summed E-state index contributed by atoms with van der Waals surface area (Å²) in [5.41, 5.74) is 10.9. The van der Waals surface area contributed by atoms with Crippen LogP contribution in [0.5, 0.6) is 11.5 Å². The fraction of sp³-hybridized carbons (Fsp3) is 0. The van der Waals surface area contributed by atoms with E-state index < -0.39 is 52.8 Å². The Morgan fingerprint density at radius 1 is 0.604 bits per heavy atom. The molecule has 16 nitrogen and oxygen atoms in total. The van der Waals surface area contributed by atoms with Gasteiger partial charge in [0.15, 0.2) is 5.75 Å². The van der Waals surface area contributed by atoms with Crippen molar-refractivity contribution in [2.75, 3.05) is 11.5 Å². The zero-order valence-corrected chi connectivity index (χ0v) is 26.9. The molecule has 5 rings (SSSR count). The Hall–Kier alpha value is -5.24. The van der Waals surface area contributed by atoms with Gasteiger partial charge in [0.25, 0.3) is 20.2 Å². The summed E-state index contributed by atoms with van der Waals surface area (Å²) >= 11 is 12.0. The standard InChI is InChI=1S/C28H20Cl2N8O8S2/c29-14-1-7-18(30)20(11-14)36-38-27-23(48(44,45)46)10-13-9-22(47(41,42)43)26(25(32)24(13)28(27)40)37-34-17-5-3-16(4-6-17)33-35-19-8-2-15(31)12-21(19)39/h1-12,39-40H,31-32H2,(H,41,42,43)(H,44,45,46). The van der Waals surface area contributed by atoms with E-state index in [0.29, 0.717) is 11.4 Å². The van der Waals surface area contributed by atoms with Crippen molar-refractivity contribution < 1.29 is 36.2 Å². The zero-order chi connectivity index (χ0) is 35.0. The summed E-state index contributed by atoms with van der Waals surface area (Å²) in [7, 11) is -10.2. The second kappa shape index (κ2) is 13.1. The van der Waals surface area contributed by atoms with Crippen molar-refractivity contribution in [1.29, 1.82) is 0 Å². The van der Waals surface area contributed by atoms with Crippen LogP contribution in [-0.4, -0.2) is 36.2 Å². The van der Waals surface area contributed by atoms with Crippen LogP contribution in [0.1, 0.15) is 0 Å². The molecule has 0 amide bonds. The van der Waals surface area contributed by atoms with Crippen molar-refractivity contribution in [3.63, 3.8) is 0 Å². The first-order chi connectivity index (χ1) is 22.5. The van der Waals surface area contributed by atoms with Crippen LogP contribution < -0.4 is 11.5 Å². The Morgan fingerprint density at radius 3 is 1.73 bits per heavy atom. The van der Waals surface area contributed by atoms with Gasteiger partial charge >= 0.3 is 0 Å². The SMILES string of the molecule is Nc1ccc(N=Nc2ccc(N=Nc3c(S(=O)(=O)O)cc4cc(S(=O)(=O)O)c(N=Nc5cc(Cl)ccc5Cl)c(O)c4c3N)cc2)c(O)c1. The average molecular weight is 732 g/mol. The number of hydrogen-bond donors (Lipinski definition) is 6. The molecular weight excluding hydrogens is 711 g/mol. The van der Waals surface area contributed by atoms with Crippen molar-refractivity contribution in [2.45, 2.75) is 9.79 Å². The molecule has 0 bridgehead atoms. The van der Waals surface area contributed by atoms with Crippen LogP contribution in [0.3, 0.4) is 0 Å². The first kappa shape index (κ1) is 34.1. The van der Waals surface area contributed by atoms with Crippen molar-refractivity contribution in [3.8, 4) is 11.5 Å². The molecule has 0 fully saturated rings. The highest BCUT2D eigenvalue weighted by atomic mass is 35.5. The number of nitrogen functional groups attached to an aromatic ring is 2. The molecule has 0 radical (unpaired) electrons. The number of hydrogen-bond acceptors (Lipinski definition) is 14. The minimum Gasteiger partial charge on any atom is -0.506 e. The fourth-order valence-corrected chi connectivity index (χ4v) is 5.85. The molecule has 8 N–H and O–H groups in total. The van der Waals surface area contributed by atoms with Gasteiger partial charge in [0.1, 0.15) is 38.3 Å². The van der Waals surface area contributed by atoms with Crippen molar-refractivity contribution >= 4 is 99.7 Å². The molecule has 48 heavy (non-hydrogen) atoms. The van der Waals surface area contributed by atoms with Gasteiger partial charge in [-0.15, -0.1) is 20.5 Å². The largest absolute Gasteiger partial charge is 0.506 e. The van der Waals surface area contributed by atoms with Gasteiger partial charge in [-0.2, -0.15) is 27.1 Å². The van der Waals surface area contributed by atoms with E-state index in [0.717, 1.165) is 12.1 Å². The third-order valence-corrected chi connectivity index (χ3v) is 8.71. The summed E-state index contributed by atoms with van der Waals surface area (Å²) in [6.07, 6.45) is 0. The Balaban J connectivity index is 1.60. The van der Waals surface area contributed by atoms with Crippen LogP contribution in [0.2, 0.25) is 10.0 Å². The molecule has 0 heterocycles. The summed E-state index contributed by atoms with van der Waals surface area (Å²) in [5.74, 6) is -1.12. The molecule has 0 spiro atoms. The first-order valence-corrected chi connectivity index (χ1v) is 16.6. The van der Waals surface area contributed by atoms with Gasteiger partial charge in [-0.1, -0.05) is 23.2 Å². The summed E-state index contributed by atoms with van der Waals surface area (Å²) in [5, 5.41) is 44.1. The van der Waals surface area contributed by atoms with Gasteiger partial charge < -0.3 is 21.7 Å². The van der Waals surface area contributed by atoms with Crippen molar-refractivity contribution in [2.24, 2.45) is 30.7 Å². The zero-order valence-electron chi connectivity index (χ0n) is 23.8. The number of anilines is 2. The smallest absolute Gasteiger partial charge is 0.296 e. The van der Waals surface area contributed by atoms with E-state index >= 15 is 0 Å². The van der Waals surface area contributed by atoms with Crippen LogP contribution in [0.15, 0.2) is 113 Å². The molecule has 0 aliphatic heterocycles. The third-order valence-electron chi connectivity index (χ3n) is 6.42. The lowest BCUT2D eigenvalue weighted by atomic mass is 10.1. The number of rotatable bonds is 8. The van der Waals surface area contributed by atoms with Gasteiger partial charge in [-0.25, -0.2) is 0 Å². The molecule has 0 aliphatic carbocycles. The number of fused-ring (bicyclic) bond motifs is 1. The van der Waals surface area contributed by atoms with Gasteiger partial charge in [0, 0.05) is 16.8 Å².